The summed E-state index contributed by atoms with van der Waals surface area (Å²) in [5.41, 5.74) is 4.27. The maximum atomic E-state index is 5.83. The van der Waals surface area contributed by atoms with E-state index in [-0.39, 0.29) is 24.0 Å². The summed E-state index contributed by atoms with van der Waals surface area (Å²) in [7, 11) is 3.62. The third-order valence-electron chi connectivity index (χ3n) is 5.45. The second-order valence-corrected chi connectivity index (χ2v) is 7.94. The lowest BCUT2D eigenvalue weighted by atomic mass is 10.1. The fraction of sp³-hybridized carbons (Fsp3) is 0.360. The number of nitrogens with one attached hydrogen (secondary N) is 2. The zero-order valence-electron chi connectivity index (χ0n) is 19.8. The molecule has 8 nitrogen and oxygen atoms in total. The summed E-state index contributed by atoms with van der Waals surface area (Å²) in [6.07, 6.45) is 3.45. The lowest BCUT2D eigenvalue weighted by Gasteiger charge is -2.15. The Kier molecular flexibility index (Phi) is 9.43. The summed E-state index contributed by atoms with van der Waals surface area (Å²) >= 11 is 0. The number of aliphatic imine (C=N–C) groups is 1. The van der Waals surface area contributed by atoms with Crippen LogP contribution in [0, 0.1) is 6.92 Å². The molecule has 182 valence electrons. The van der Waals surface area contributed by atoms with Crippen molar-refractivity contribution >= 4 is 35.6 Å². The van der Waals surface area contributed by atoms with Gasteiger partial charge in [-0.3, -0.25) is 4.68 Å². The molecule has 0 saturated heterocycles. The molecule has 0 saturated carbocycles. The van der Waals surface area contributed by atoms with Gasteiger partial charge < -0.3 is 24.8 Å². The molecular weight excluding hydrogens is 545 g/mol. The molecule has 34 heavy (non-hydrogen) atoms. The monoisotopic (exact) mass is 577 g/mol. The van der Waals surface area contributed by atoms with Crippen molar-refractivity contribution in [3.8, 4) is 17.2 Å². The standard InChI is InChI=1S/C25H31N5O3.HI/c1-18-5-7-22(31-3)19(15-18)9-11-26-25(27-17-21-10-12-28-30(21)2)29-20-6-8-23-24(16-20)33-14-4-13-32-23;/h5-8,10,12,15-16H,4,9,11,13-14,17H2,1-3H3,(H2,26,27,29);1H. The Balaban J connectivity index is 0.00000324. The van der Waals surface area contributed by atoms with Gasteiger partial charge in [0.15, 0.2) is 17.5 Å². The molecule has 0 unspecified atom stereocenters. The summed E-state index contributed by atoms with van der Waals surface area (Å²) in [6.45, 7) is 4.60. The maximum Gasteiger partial charge on any atom is 0.196 e. The van der Waals surface area contributed by atoms with Crippen LogP contribution in [0.4, 0.5) is 5.69 Å². The molecule has 0 atom stereocenters. The van der Waals surface area contributed by atoms with Crippen LogP contribution >= 0.6 is 24.0 Å². The van der Waals surface area contributed by atoms with Gasteiger partial charge in [-0.15, -0.1) is 24.0 Å². The number of aromatic nitrogens is 2. The molecule has 1 aliphatic rings. The first-order chi connectivity index (χ1) is 16.1. The van der Waals surface area contributed by atoms with Crippen LogP contribution in [0.25, 0.3) is 0 Å². The van der Waals surface area contributed by atoms with Crippen molar-refractivity contribution < 1.29 is 14.2 Å². The van der Waals surface area contributed by atoms with Crippen molar-refractivity contribution in [3.05, 3.63) is 65.5 Å². The number of methoxy groups -OCH3 is 1. The van der Waals surface area contributed by atoms with Gasteiger partial charge in [-0.1, -0.05) is 17.7 Å². The van der Waals surface area contributed by atoms with Crippen molar-refractivity contribution in [1.29, 1.82) is 0 Å². The molecule has 1 aromatic heterocycles. The van der Waals surface area contributed by atoms with Gasteiger partial charge in [-0.05, 0) is 43.2 Å². The summed E-state index contributed by atoms with van der Waals surface area (Å²) in [5.74, 6) is 3.09. The molecule has 4 rings (SSSR count). The highest BCUT2D eigenvalue weighted by Gasteiger charge is 2.12. The van der Waals surface area contributed by atoms with Crippen LogP contribution in [-0.2, 0) is 20.0 Å². The third-order valence-corrected chi connectivity index (χ3v) is 5.45. The maximum absolute atomic E-state index is 5.83. The van der Waals surface area contributed by atoms with Crippen LogP contribution in [-0.4, -0.2) is 42.6 Å². The number of rotatable bonds is 7. The molecule has 1 aliphatic heterocycles. The summed E-state index contributed by atoms with van der Waals surface area (Å²) in [6, 6.07) is 14.0. The van der Waals surface area contributed by atoms with E-state index in [1.165, 1.54) is 5.56 Å². The molecule has 3 aromatic rings. The normalized spacial score (nSPS) is 13.0. The summed E-state index contributed by atoms with van der Waals surface area (Å²) in [4.78, 5) is 4.77. The van der Waals surface area contributed by atoms with E-state index in [1.54, 1.807) is 13.3 Å². The average Bonchev–Trinajstić information content (AvgIpc) is 3.08. The smallest absolute Gasteiger partial charge is 0.196 e. The molecule has 0 spiro atoms. The van der Waals surface area contributed by atoms with Crippen molar-refractivity contribution in [1.82, 2.24) is 15.1 Å². The number of aryl methyl sites for hydroxylation is 2. The molecule has 0 radical (unpaired) electrons. The van der Waals surface area contributed by atoms with E-state index >= 15 is 0 Å². The number of benzene rings is 2. The zero-order valence-corrected chi connectivity index (χ0v) is 22.2. The summed E-state index contributed by atoms with van der Waals surface area (Å²) in [5, 5.41) is 11.1. The van der Waals surface area contributed by atoms with Gasteiger partial charge in [0.05, 0.1) is 32.6 Å². The SMILES string of the molecule is COc1ccc(C)cc1CCNC(=NCc1ccnn1C)Nc1ccc2c(c1)OCCCO2.I. The minimum atomic E-state index is 0. The van der Waals surface area contributed by atoms with Gasteiger partial charge in [0.1, 0.15) is 5.75 Å². The van der Waals surface area contributed by atoms with Crippen LogP contribution in [0.15, 0.2) is 53.7 Å². The minimum absolute atomic E-state index is 0. The van der Waals surface area contributed by atoms with E-state index in [1.807, 2.05) is 42.1 Å². The van der Waals surface area contributed by atoms with Gasteiger partial charge in [-0.25, -0.2) is 4.99 Å². The Hall–Kier alpha value is -2.95. The second-order valence-electron chi connectivity index (χ2n) is 7.94. The van der Waals surface area contributed by atoms with Crippen molar-refractivity contribution in [3.63, 3.8) is 0 Å². The predicted molar refractivity (Wildman–Crippen MR) is 145 cm³/mol. The van der Waals surface area contributed by atoms with Crippen LogP contribution < -0.4 is 24.8 Å². The highest BCUT2D eigenvalue weighted by atomic mass is 127. The number of anilines is 1. The van der Waals surface area contributed by atoms with Gasteiger partial charge in [0, 0.05) is 38.0 Å². The average molecular weight is 577 g/mol. The van der Waals surface area contributed by atoms with E-state index in [9.17, 15) is 0 Å². The number of hydrogen-bond acceptors (Lipinski definition) is 5. The fourth-order valence-corrected chi connectivity index (χ4v) is 3.65. The van der Waals surface area contributed by atoms with E-state index < -0.39 is 0 Å². The van der Waals surface area contributed by atoms with Crippen molar-refractivity contribution in [2.45, 2.75) is 26.3 Å². The van der Waals surface area contributed by atoms with Crippen LogP contribution in [0.3, 0.4) is 0 Å². The lowest BCUT2D eigenvalue weighted by molar-refractivity contribution is 0.297. The van der Waals surface area contributed by atoms with Crippen molar-refractivity contribution in [2.75, 3.05) is 32.2 Å². The zero-order chi connectivity index (χ0) is 23.0. The van der Waals surface area contributed by atoms with Gasteiger partial charge in [0.25, 0.3) is 0 Å². The largest absolute Gasteiger partial charge is 0.496 e. The van der Waals surface area contributed by atoms with E-state index in [0.717, 1.165) is 47.0 Å². The number of guanidine groups is 1. The third kappa shape index (κ3) is 6.78. The Morgan fingerprint density at radius 3 is 2.71 bits per heavy atom. The second kappa shape index (κ2) is 12.5. The van der Waals surface area contributed by atoms with Crippen LogP contribution in [0.2, 0.25) is 0 Å². The first kappa shape index (κ1) is 25.7. The fourth-order valence-electron chi connectivity index (χ4n) is 3.65. The van der Waals surface area contributed by atoms with Gasteiger partial charge in [0.2, 0.25) is 0 Å². The molecule has 2 heterocycles. The van der Waals surface area contributed by atoms with Gasteiger partial charge >= 0.3 is 0 Å². The van der Waals surface area contributed by atoms with Crippen LogP contribution in [0.1, 0.15) is 23.2 Å². The molecule has 0 fully saturated rings. The first-order valence-corrected chi connectivity index (χ1v) is 11.2. The highest BCUT2D eigenvalue weighted by molar-refractivity contribution is 14.0. The molecule has 9 heteroatoms. The van der Waals surface area contributed by atoms with E-state index in [0.29, 0.717) is 32.3 Å². The number of ether oxygens (including phenoxy) is 3. The Labute approximate surface area is 217 Å². The predicted octanol–water partition coefficient (Wildman–Crippen LogP) is 4.32. The summed E-state index contributed by atoms with van der Waals surface area (Å²) < 4.78 is 18.9. The quantitative estimate of drug-likeness (QED) is 0.248. The molecule has 2 N–H and O–H groups in total. The number of halogens is 1. The Bertz CT molecular complexity index is 1120. The number of fused-ring (bicyclic) bond motifs is 1. The molecular formula is C25H32IN5O3. The Morgan fingerprint density at radius 1 is 1.12 bits per heavy atom. The molecule has 0 bridgehead atoms. The topological polar surface area (TPSA) is 81.9 Å². The van der Waals surface area contributed by atoms with Crippen LogP contribution in [0.5, 0.6) is 17.2 Å². The minimum Gasteiger partial charge on any atom is -0.496 e. The van der Waals surface area contributed by atoms with E-state index in [2.05, 4.69) is 34.8 Å². The first-order valence-electron chi connectivity index (χ1n) is 11.2. The van der Waals surface area contributed by atoms with Crippen molar-refractivity contribution in [2.24, 2.45) is 12.0 Å². The van der Waals surface area contributed by atoms with E-state index in [4.69, 9.17) is 19.2 Å². The van der Waals surface area contributed by atoms with Gasteiger partial charge in [-0.2, -0.15) is 5.10 Å². The molecule has 0 amide bonds. The highest BCUT2D eigenvalue weighted by Crippen LogP contribution is 2.32. The molecule has 2 aromatic carbocycles. The Morgan fingerprint density at radius 2 is 1.94 bits per heavy atom. The number of hydrogen-bond donors (Lipinski definition) is 2. The molecule has 0 aliphatic carbocycles. The lowest BCUT2D eigenvalue weighted by Crippen LogP contribution is -2.32. The number of nitrogens with zero attached hydrogens (tertiary/aromatic N) is 3.